The molecule has 0 aliphatic heterocycles. The molecule has 1 radical (unpaired) electrons. The zero-order valence-electron chi connectivity index (χ0n) is 12.8. The Labute approximate surface area is 150 Å². The number of hydrogen-bond donors (Lipinski definition) is 3. The van der Waals surface area contributed by atoms with Gasteiger partial charge in [0.05, 0.1) is 0 Å². The lowest BCUT2D eigenvalue weighted by Gasteiger charge is -2.07. The predicted molar refractivity (Wildman–Crippen MR) is 71.9 cm³/mol. The van der Waals surface area contributed by atoms with Crippen molar-refractivity contribution < 1.29 is 63.9 Å². The van der Waals surface area contributed by atoms with Crippen LogP contribution in [0, 0.1) is 52.4 Å². The summed E-state index contributed by atoms with van der Waals surface area (Å²) in [5.74, 6) is -21.0. The molecule has 3 N–H and O–H groups in total. The molecule has 0 aliphatic carbocycles. The van der Waals surface area contributed by atoms with E-state index in [-0.39, 0.29) is 13.8 Å². The largest absolute Gasteiger partial charge is 0.707 e. The lowest BCUT2D eigenvalue weighted by atomic mass is 10.2. The topological polar surface area (TPSA) is 79.2 Å². The maximum absolute atomic E-state index is 12.7. The van der Waals surface area contributed by atoms with Gasteiger partial charge in [-0.3, -0.25) is 0 Å². The molecule has 2 aromatic carbocycles. The van der Waals surface area contributed by atoms with Gasteiger partial charge in [0.1, 0.15) is 0 Å². The molecule has 0 saturated carbocycles. The van der Waals surface area contributed by atoms with E-state index in [1.165, 1.54) is 0 Å². The zero-order valence-corrected chi connectivity index (χ0v) is 12.8. The van der Waals surface area contributed by atoms with E-state index < -0.39 is 71.2 Å². The second-order valence-corrected chi connectivity index (χ2v) is 4.36. The van der Waals surface area contributed by atoms with E-state index in [1.807, 2.05) is 0 Å². The lowest BCUT2D eigenvalue weighted by Crippen LogP contribution is -2.22. The molecule has 0 saturated heterocycles. The van der Waals surface area contributed by atoms with Crippen LogP contribution in [0.5, 0.6) is 11.5 Å². The van der Waals surface area contributed by atoms with E-state index in [0.29, 0.717) is 0 Å². The van der Waals surface area contributed by atoms with Crippen LogP contribution in [0.2, 0.25) is 0 Å². The summed E-state index contributed by atoms with van der Waals surface area (Å²) in [6, 6.07) is 0.0239. The van der Waals surface area contributed by atoms with E-state index in [2.05, 4.69) is 9.31 Å². The van der Waals surface area contributed by atoms with Crippen LogP contribution in [-0.4, -0.2) is 30.1 Å². The molecular weight excluding hydrogens is 417 g/mol. The maximum atomic E-state index is 12.7. The number of rotatable bonds is 4. The molecule has 2 rings (SSSR count). The maximum Gasteiger partial charge on any atom is 0.707 e. The van der Waals surface area contributed by atoms with E-state index in [1.54, 1.807) is 0 Å². The first-order valence-electron chi connectivity index (χ1n) is 6.43. The fourth-order valence-corrected chi connectivity index (χ4v) is 1.50. The minimum atomic E-state index is -2.52. The summed E-state index contributed by atoms with van der Waals surface area (Å²) in [5.41, 5.74) is 0. The number of hydrogen-bond acceptors (Lipinski definition) is 5. The van der Waals surface area contributed by atoms with Gasteiger partial charge in [0.25, 0.3) is 0 Å². The second kappa shape index (κ2) is 9.57. The van der Waals surface area contributed by atoms with Gasteiger partial charge in [-0.2, -0.15) is 13.2 Å². The molecule has 5 nitrogen and oxygen atoms in total. The first kappa shape index (κ1) is 23.5. The van der Waals surface area contributed by atoms with Crippen LogP contribution in [0.15, 0.2) is 6.07 Å². The Morgan fingerprint density at radius 1 is 0.643 bits per heavy atom. The molecule has 0 aliphatic rings. The van der Waals surface area contributed by atoms with Crippen molar-refractivity contribution in [2.24, 2.45) is 0 Å². The third-order valence-electron chi connectivity index (χ3n) is 2.64. The van der Waals surface area contributed by atoms with Gasteiger partial charge in [0.15, 0.2) is 29.0 Å². The SMILES string of the molecule is OB(O)Oc1c(F)cc(F)c(F)c1F.O[B]Oc1c(F)c(F)c(F)c(F)c1F. The van der Waals surface area contributed by atoms with E-state index in [9.17, 15) is 39.5 Å². The normalized spacial score (nSPS) is 10.1. The lowest BCUT2D eigenvalue weighted by molar-refractivity contribution is 0.269. The van der Waals surface area contributed by atoms with Crippen LogP contribution in [0.3, 0.4) is 0 Å². The van der Waals surface area contributed by atoms with Gasteiger partial charge in [0.2, 0.25) is 34.9 Å². The summed E-state index contributed by atoms with van der Waals surface area (Å²) in [5, 5.41) is 24.4. The number of benzene rings is 2. The van der Waals surface area contributed by atoms with Crippen molar-refractivity contribution in [1.82, 2.24) is 0 Å². The monoisotopic (exact) mass is 421 g/mol. The summed E-state index contributed by atoms with van der Waals surface area (Å²) >= 11 is 0. The standard InChI is InChI=1S/C6HBF5O2.C6H3BF4O3/c8-1-2(9)4(11)6(14-7-13)5(12)3(1)10;8-2-1-3(9)6(14-7(12)13)5(11)4(2)10/h13H;1,12-13H. The fraction of sp³-hybridized carbons (Fsp3) is 0. The van der Waals surface area contributed by atoms with Crippen LogP contribution in [0.1, 0.15) is 0 Å². The molecule has 0 unspecified atom stereocenters. The van der Waals surface area contributed by atoms with Gasteiger partial charge < -0.3 is 24.4 Å². The highest BCUT2D eigenvalue weighted by Gasteiger charge is 2.27. The van der Waals surface area contributed by atoms with Crippen molar-refractivity contribution in [3.8, 4) is 11.5 Å². The van der Waals surface area contributed by atoms with Crippen molar-refractivity contribution in [2.45, 2.75) is 0 Å². The molecule has 0 heterocycles. The summed E-state index contributed by atoms with van der Waals surface area (Å²) in [4.78, 5) is 0. The molecule has 0 bridgehead atoms. The van der Waals surface area contributed by atoms with Crippen LogP contribution >= 0.6 is 0 Å². The third kappa shape index (κ3) is 5.02. The summed E-state index contributed by atoms with van der Waals surface area (Å²) in [6.45, 7) is 0. The molecule has 2 aromatic rings. The summed E-state index contributed by atoms with van der Waals surface area (Å²) in [6.07, 6.45) is 0. The highest BCUT2D eigenvalue weighted by molar-refractivity contribution is 6.33. The van der Waals surface area contributed by atoms with Crippen molar-refractivity contribution in [1.29, 1.82) is 0 Å². The van der Waals surface area contributed by atoms with Gasteiger partial charge in [-0.15, -0.1) is 0 Å². The first-order valence-corrected chi connectivity index (χ1v) is 6.43. The Morgan fingerprint density at radius 3 is 1.50 bits per heavy atom. The Balaban J connectivity index is 0.000000280. The van der Waals surface area contributed by atoms with Crippen molar-refractivity contribution in [3.05, 3.63) is 58.4 Å². The molecule has 0 amide bonds. The second-order valence-electron chi connectivity index (χ2n) is 4.36. The highest BCUT2D eigenvalue weighted by Crippen LogP contribution is 2.28. The first-order chi connectivity index (χ1) is 12.9. The van der Waals surface area contributed by atoms with Crippen LogP contribution in [0.25, 0.3) is 0 Å². The minimum absolute atomic E-state index is 0.0239. The highest BCUT2D eigenvalue weighted by atomic mass is 19.2. The molecule has 0 fully saturated rings. The molecule has 28 heavy (non-hydrogen) atoms. The smallest absolute Gasteiger partial charge is 0.533 e. The molecule has 0 aromatic heterocycles. The summed E-state index contributed by atoms with van der Waals surface area (Å²) in [7, 11) is -2.72. The van der Waals surface area contributed by atoms with Crippen LogP contribution in [0.4, 0.5) is 39.5 Å². The van der Waals surface area contributed by atoms with Gasteiger partial charge in [0, 0.05) is 6.07 Å². The molecular formula is C12H4B2F9O5. The van der Waals surface area contributed by atoms with Gasteiger partial charge in [-0.25, -0.2) is 26.3 Å². The Bertz CT molecular complexity index is 839. The minimum Gasteiger partial charge on any atom is -0.533 e. The fourth-order valence-electron chi connectivity index (χ4n) is 1.50. The molecule has 0 atom stereocenters. The average Bonchev–Trinajstić information content (AvgIpc) is 2.64. The Morgan fingerprint density at radius 2 is 1.07 bits per heavy atom. The van der Waals surface area contributed by atoms with Crippen molar-refractivity contribution in [2.75, 3.05) is 0 Å². The van der Waals surface area contributed by atoms with E-state index in [4.69, 9.17) is 15.1 Å². The average molecular weight is 421 g/mol. The van der Waals surface area contributed by atoms with E-state index in [0.717, 1.165) is 0 Å². The van der Waals surface area contributed by atoms with Crippen molar-refractivity contribution >= 4 is 15.0 Å². The van der Waals surface area contributed by atoms with Gasteiger partial charge >= 0.3 is 15.0 Å². The van der Waals surface area contributed by atoms with Crippen LogP contribution in [-0.2, 0) is 0 Å². The number of halogens is 9. The van der Waals surface area contributed by atoms with Crippen LogP contribution < -0.4 is 9.31 Å². The Hall–Kier alpha value is -2.58. The van der Waals surface area contributed by atoms with Crippen molar-refractivity contribution in [3.63, 3.8) is 0 Å². The molecule has 151 valence electrons. The molecule has 16 heteroatoms. The van der Waals surface area contributed by atoms with Gasteiger partial charge in [-0.1, -0.05) is 0 Å². The Kier molecular flexibility index (Phi) is 8.01. The zero-order chi connectivity index (χ0) is 21.8. The summed E-state index contributed by atoms with van der Waals surface area (Å²) < 4.78 is 120. The van der Waals surface area contributed by atoms with E-state index >= 15 is 0 Å². The molecule has 0 spiro atoms. The predicted octanol–water partition coefficient (Wildman–Crippen LogP) is 1.88. The third-order valence-corrected chi connectivity index (χ3v) is 2.64. The quantitative estimate of drug-likeness (QED) is 0.305. The van der Waals surface area contributed by atoms with Gasteiger partial charge in [-0.05, 0) is 0 Å².